The zero-order valence-corrected chi connectivity index (χ0v) is 7.77. The number of nitrogens with one attached hydrogen (secondary N) is 1. The molecule has 13 heavy (non-hydrogen) atoms. The summed E-state index contributed by atoms with van der Waals surface area (Å²) in [7, 11) is 0. The highest BCUT2D eigenvalue weighted by Gasteiger charge is 2.12. The van der Waals surface area contributed by atoms with Crippen LogP contribution in [0, 0.1) is 0 Å². The van der Waals surface area contributed by atoms with Gasteiger partial charge in [-0.3, -0.25) is 0 Å². The number of hydrogen-bond donors (Lipinski definition) is 1. The second-order valence-electron chi connectivity index (χ2n) is 2.99. The maximum atomic E-state index is 4.52. The number of anilines is 1. The van der Waals surface area contributed by atoms with Gasteiger partial charge in [-0.1, -0.05) is 18.2 Å². The lowest BCUT2D eigenvalue weighted by Gasteiger charge is -2.00. The summed E-state index contributed by atoms with van der Waals surface area (Å²) >= 11 is 1.81. The Morgan fingerprint density at radius 1 is 1.31 bits per heavy atom. The standard InChI is InChI=1S/C10H8N2S/c1-2-4-8-7(3-1)5-9-10(12-8)11-6-13-9/h1-5H,6H2,(H,11,12). The third-order valence-electron chi connectivity index (χ3n) is 2.16. The van der Waals surface area contributed by atoms with Crippen LogP contribution in [-0.4, -0.2) is 10.9 Å². The van der Waals surface area contributed by atoms with Gasteiger partial charge in [-0.05, 0) is 12.1 Å². The molecule has 1 aliphatic heterocycles. The fourth-order valence-electron chi connectivity index (χ4n) is 1.52. The number of para-hydroxylation sites is 1. The molecule has 2 heterocycles. The van der Waals surface area contributed by atoms with Crippen molar-refractivity contribution in [3.63, 3.8) is 0 Å². The van der Waals surface area contributed by atoms with Crippen LogP contribution in [0.5, 0.6) is 0 Å². The average Bonchev–Trinajstić information content (AvgIpc) is 2.61. The minimum absolute atomic E-state index is 0.943. The Bertz CT molecular complexity index is 425. The number of fused-ring (bicyclic) bond motifs is 2. The number of pyridine rings is 1. The summed E-state index contributed by atoms with van der Waals surface area (Å²) in [5.74, 6) is 1.97. The van der Waals surface area contributed by atoms with Crippen molar-refractivity contribution in [2.45, 2.75) is 4.90 Å². The number of rotatable bonds is 0. The van der Waals surface area contributed by atoms with E-state index in [9.17, 15) is 0 Å². The molecule has 0 amide bonds. The third-order valence-corrected chi connectivity index (χ3v) is 3.07. The van der Waals surface area contributed by atoms with Crippen LogP contribution in [0.4, 0.5) is 5.82 Å². The predicted molar refractivity (Wildman–Crippen MR) is 56.1 cm³/mol. The molecule has 0 unspecified atom stereocenters. The highest BCUT2D eigenvalue weighted by atomic mass is 32.2. The van der Waals surface area contributed by atoms with Crippen molar-refractivity contribution in [1.82, 2.24) is 4.98 Å². The molecule has 1 aromatic heterocycles. The van der Waals surface area contributed by atoms with Crippen molar-refractivity contribution in [1.29, 1.82) is 0 Å². The monoisotopic (exact) mass is 188 g/mol. The second-order valence-corrected chi connectivity index (χ2v) is 4.01. The van der Waals surface area contributed by atoms with Crippen molar-refractivity contribution >= 4 is 28.5 Å². The Labute approximate surface area is 80.4 Å². The topological polar surface area (TPSA) is 24.9 Å². The van der Waals surface area contributed by atoms with Gasteiger partial charge in [-0.15, -0.1) is 11.8 Å². The average molecular weight is 188 g/mol. The van der Waals surface area contributed by atoms with Crippen molar-refractivity contribution in [3.05, 3.63) is 30.3 Å². The van der Waals surface area contributed by atoms with Crippen molar-refractivity contribution in [2.24, 2.45) is 0 Å². The van der Waals surface area contributed by atoms with Gasteiger partial charge in [0.15, 0.2) is 0 Å². The molecule has 64 valence electrons. The lowest BCUT2D eigenvalue weighted by Crippen LogP contribution is -1.91. The third kappa shape index (κ3) is 1.08. The molecule has 2 aromatic rings. The first-order chi connectivity index (χ1) is 6.43. The number of nitrogens with zero attached hydrogens (tertiary/aromatic N) is 1. The lowest BCUT2D eigenvalue weighted by atomic mass is 10.2. The van der Waals surface area contributed by atoms with Gasteiger partial charge in [0.1, 0.15) is 5.82 Å². The van der Waals surface area contributed by atoms with E-state index in [0.717, 1.165) is 17.2 Å². The number of benzene rings is 1. The molecule has 1 aromatic carbocycles. The number of hydrogen-bond acceptors (Lipinski definition) is 3. The van der Waals surface area contributed by atoms with E-state index < -0.39 is 0 Å². The summed E-state index contributed by atoms with van der Waals surface area (Å²) < 4.78 is 0. The highest BCUT2D eigenvalue weighted by molar-refractivity contribution is 7.99. The fourth-order valence-corrected chi connectivity index (χ4v) is 2.34. The lowest BCUT2D eigenvalue weighted by molar-refractivity contribution is 1.29. The van der Waals surface area contributed by atoms with E-state index in [4.69, 9.17) is 0 Å². The zero-order valence-electron chi connectivity index (χ0n) is 6.95. The normalized spacial score (nSPS) is 14.2. The molecule has 3 heteroatoms. The van der Waals surface area contributed by atoms with E-state index in [1.807, 2.05) is 30.0 Å². The van der Waals surface area contributed by atoms with Crippen LogP contribution < -0.4 is 5.32 Å². The molecule has 1 N–H and O–H groups in total. The minimum atomic E-state index is 0.943. The SMILES string of the molecule is c1ccc2nc3c(cc2c1)SCN3. The molecule has 0 atom stereocenters. The summed E-state index contributed by atoms with van der Waals surface area (Å²) in [4.78, 5) is 5.79. The molecule has 0 saturated heterocycles. The quantitative estimate of drug-likeness (QED) is 0.688. The van der Waals surface area contributed by atoms with Crippen molar-refractivity contribution < 1.29 is 0 Å². The summed E-state index contributed by atoms with van der Waals surface area (Å²) in [6, 6.07) is 10.4. The Morgan fingerprint density at radius 3 is 3.23 bits per heavy atom. The molecule has 0 aliphatic carbocycles. The van der Waals surface area contributed by atoms with Gasteiger partial charge in [-0.2, -0.15) is 0 Å². The van der Waals surface area contributed by atoms with Gasteiger partial charge in [0.25, 0.3) is 0 Å². The highest BCUT2D eigenvalue weighted by Crippen LogP contribution is 2.33. The van der Waals surface area contributed by atoms with E-state index in [1.165, 1.54) is 10.3 Å². The van der Waals surface area contributed by atoms with Crippen LogP contribution in [0.15, 0.2) is 35.2 Å². The van der Waals surface area contributed by atoms with Gasteiger partial charge in [0, 0.05) is 5.39 Å². The predicted octanol–water partition coefficient (Wildman–Crippen LogP) is 2.71. The molecule has 0 radical (unpaired) electrons. The van der Waals surface area contributed by atoms with E-state index in [2.05, 4.69) is 22.4 Å². The molecule has 0 spiro atoms. The van der Waals surface area contributed by atoms with E-state index in [1.54, 1.807) is 0 Å². The fraction of sp³-hybridized carbons (Fsp3) is 0.100. The van der Waals surface area contributed by atoms with Gasteiger partial charge < -0.3 is 5.32 Å². The first-order valence-electron chi connectivity index (χ1n) is 4.20. The molecular weight excluding hydrogens is 180 g/mol. The Kier molecular flexibility index (Phi) is 1.46. The van der Waals surface area contributed by atoms with Crippen LogP contribution in [0.1, 0.15) is 0 Å². The summed E-state index contributed by atoms with van der Waals surface area (Å²) in [5, 5.41) is 4.46. The maximum Gasteiger partial charge on any atom is 0.141 e. The van der Waals surface area contributed by atoms with Crippen LogP contribution in [0.2, 0.25) is 0 Å². The van der Waals surface area contributed by atoms with Crippen LogP contribution >= 0.6 is 11.8 Å². The largest absolute Gasteiger partial charge is 0.360 e. The molecule has 0 saturated carbocycles. The van der Waals surface area contributed by atoms with Gasteiger partial charge in [-0.25, -0.2) is 4.98 Å². The molecule has 3 rings (SSSR count). The number of aromatic nitrogens is 1. The summed E-state index contributed by atoms with van der Waals surface area (Å²) in [6.45, 7) is 0. The van der Waals surface area contributed by atoms with E-state index in [0.29, 0.717) is 0 Å². The van der Waals surface area contributed by atoms with Crippen molar-refractivity contribution in [2.75, 3.05) is 11.2 Å². The maximum absolute atomic E-state index is 4.52. The van der Waals surface area contributed by atoms with Crippen LogP contribution in [-0.2, 0) is 0 Å². The first kappa shape index (κ1) is 7.21. The van der Waals surface area contributed by atoms with Crippen molar-refractivity contribution in [3.8, 4) is 0 Å². The zero-order chi connectivity index (χ0) is 8.67. The van der Waals surface area contributed by atoms with E-state index in [-0.39, 0.29) is 0 Å². The first-order valence-corrected chi connectivity index (χ1v) is 5.18. The number of thioether (sulfide) groups is 1. The molecule has 0 bridgehead atoms. The smallest absolute Gasteiger partial charge is 0.141 e. The Hall–Kier alpha value is -1.22. The Balaban J connectivity index is 2.36. The van der Waals surface area contributed by atoms with Gasteiger partial charge in [0.2, 0.25) is 0 Å². The van der Waals surface area contributed by atoms with Crippen LogP contribution in [0.3, 0.4) is 0 Å². The molecule has 0 fully saturated rings. The van der Waals surface area contributed by atoms with Gasteiger partial charge >= 0.3 is 0 Å². The molecule has 1 aliphatic rings. The summed E-state index contributed by atoms with van der Waals surface area (Å²) in [5.41, 5.74) is 1.07. The van der Waals surface area contributed by atoms with Crippen LogP contribution in [0.25, 0.3) is 10.9 Å². The Morgan fingerprint density at radius 2 is 2.23 bits per heavy atom. The van der Waals surface area contributed by atoms with Gasteiger partial charge in [0.05, 0.1) is 16.3 Å². The minimum Gasteiger partial charge on any atom is -0.360 e. The second kappa shape index (κ2) is 2.64. The van der Waals surface area contributed by atoms with E-state index >= 15 is 0 Å². The molecular formula is C10H8N2S. The summed E-state index contributed by atoms with van der Waals surface area (Å²) in [6.07, 6.45) is 0. The molecule has 2 nitrogen and oxygen atoms in total.